The van der Waals surface area contributed by atoms with Crippen LogP contribution in [0.15, 0.2) is 67.0 Å². The van der Waals surface area contributed by atoms with Gasteiger partial charge >= 0.3 is 0 Å². The van der Waals surface area contributed by atoms with E-state index >= 15 is 0 Å². The summed E-state index contributed by atoms with van der Waals surface area (Å²) in [6, 6.07) is 18.4. The number of aliphatic hydroxyl groups is 1. The van der Waals surface area contributed by atoms with Crippen LogP contribution in [0.5, 0.6) is 5.75 Å². The van der Waals surface area contributed by atoms with Gasteiger partial charge in [0.2, 0.25) is 0 Å². The molecule has 0 aliphatic carbocycles. The second kappa shape index (κ2) is 8.15. The fourth-order valence-corrected chi connectivity index (χ4v) is 3.34. The molecule has 1 aromatic heterocycles. The van der Waals surface area contributed by atoms with Gasteiger partial charge in [-0.2, -0.15) is 0 Å². The van der Waals surface area contributed by atoms with Crippen molar-refractivity contribution in [3.8, 4) is 16.9 Å². The summed E-state index contributed by atoms with van der Waals surface area (Å²) in [4.78, 5) is 4.18. The lowest BCUT2D eigenvalue weighted by Gasteiger charge is -2.22. The Morgan fingerprint density at radius 3 is 2.27 bits per heavy atom. The highest BCUT2D eigenvalue weighted by Crippen LogP contribution is 2.33. The molecule has 0 aliphatic rings. The molecule has 3 heteroatoms. The van der Waals surface area contributed by atoms with E-state index in [1.54, 1.807) is 19.3 Å². The fraction of sp³-hybridized carbons (Fsp3) is 0.261. The first kappa shape index (κ1) is 18.2. The molecule has 0 bridgehead atoms. The van der Waals surface area contributed by atoms with Crippen LogP contribution in [-0.2, 0) is 0 Å². The molecule has 134 valence electrons. The van der Waals surface area contributed by atoms with Crippen LogP contribution < -0.4 is 4.74 Å². The van der Waals surface area contributed by atoms with Gasteiger partial charge < -0.3 is 9.84 Å². The largest absolute Gasteiger partial charge is 0.486 e. The lowest BCUT2D eigenvalue weighted by atomic mass is 9.95. The van der Waals surface area contributed by atoms with E-state index in [2.05, 4.69) is 55.2 Å². The van der Waals surface area contributed by atoms with Gasteiger partial charge in [0.05, 0.1) is 6.10 Å². The number of pyridine rings is 1. The van der Waals surface area contributed by atoms with E-state index in [1.807, 2.05) is 18.2 Å². The molecule has 0 saturated heterocycles. The van der Waals surface area contributed by atoms with Gasteiger partial charge in [0.15, 0.2) is 0 Å². The number of nitrogens with zero attached hydrogens (tertiary/aromatic N) is 1. The summed E-state index contributed by atoms with van der Waals surface area (Å²) >= 11 is 0. The smallest absolute Gasteiger partial charge is 0.128 e. The van der Waals surface area contributed by atoms with E-state index < -0.39 is 6.10 Å². The van der Waals surface area contributed by atoms with Crippen LogP contribution in [0, 0.1) is 13.8 Å². The second-order valence-corrected chi connectivity index (χ2v) is 6.78. The summed E-state index contributed by atoms with van der Waals surface area (Å²) in [5, 5.41) is 9.86. The average molecular weight is 347 g/mol. The number of benzene rings is 2. The van der Waals surface area contributed by atoms with Crippen LogP contribution in [0.3, 0.4) is 0 Å². The minimum Gasteiger partial charge on any atom is -0.486 e. The van der Waals surface area contributed by atoms with Gasteiger partial charge in [-0.05, 0) is 61.2 Å². The van der Waals surface area contributed by atoms with Gasteiger partial charge in [-0.3, -0.25) is 4.98 Å². The first-order valence-corrected chi connectivity index (χ1v) is 8.96. The number of aryl methyl sites for hydroxylation is 2. The average Bonchev–Trinajstić information content (AvgIpc) is 2.62. The summed E-state index contributed by atoms with van der Waals surface area (Å²) < 4.78 is 6.26. The zero-order valence-electron chi connectivity index (χ0n) is 15.5. The molecule has 3 nitrogen and oxygen atoms in total. The normalized spacial score (nSPS) is 13.2. The maximum Gasteiger partial charge on any atom is 0.128 e. The Morgan fingerprint density at radius 2 is 1.69 bits per heavy atom. The lowest BCUT2D eigenvalue weighted by Crippen LogP contribution is -2.15. The predicted octanol–water partition coefficient (Wildman–Crippen LogP) is 5.26. The van der Waals surface area contributed by atoms with E-state index in [-0.39, 0.29) is 6.10 Å². The molecular weight excluding hydrogens is 322 g/mol. The molecule has 3 aromatic rings. The molecule has 0 amide bonds. The Labute approximate surface area is 155 Å². The zero-order chi connectivity index (χ0) is 18.5. The molecule has 2 aromatic carbocycles. The molecule has 1 N–H and O–H groups in total. The minimum absolute atomic E-state index is 0.231. The van der Waals surface area contributed by atoms with Crippen molar-refractivity contribution in [1.29, 1.82) is 0 Å². The molecular formula is C23H25NO2. The monoisotopic (exact) mass is 347 g/mol. The van der Waals surface area contributed by atoms with Crippen LogP contribution in [0.25, 0.3) is 11.1 Å². The minimum atomic E-state index is -0.453. The van der Waals surface area contributed by atoms with Crippen molar-refractivity contribution in [3.05, 3.63) is 83.7 Å². The van der Waals surface area contributed by atoms with Gasteiger partial charge in [-0.15, -0.1) is 0 Å². The van der Waals surface area contributed by atoms with Crippen LogP contribution >= 0.6 is 0 Å². The SMILES string of the molecule is Cc1cc(OC(CC(C)O)c2cccnc2)cc(C)c1-c1ccccc1. The number of hydrogen-bond acceptors (Lipinski definition) is 3. The van der Waals surface area contributed by atoms with Crippen LogP contribution in [0.1, 0.15) is 36.1 Å². The predicted molar refractivity (Wildman–Crippen MR) is 105 cm³/mol. The maximum absolute atomic E-state index is 9.86. The molecule has 2 unspecified atom stereocenters. The standard InChI is InChI=1S/C23H25NO2/c1-16-12-21(13-17(2)23(16)19-8-5-4-6-9-19)26-22(14-18(3)25)20-10-7-11-24-15-20/h4-13,15,18,22,25H,14H2,1-3H3. The van der Waals surface area contributed by atoms with Crippen molar-refractivity contribution in [1.82, 2.24) is 4.98 Å². The third-order valence-corrected chi connectivity index (χ3v) is 4.46. The molecule has 2 atom stereocenters. The first-order valence-electron chi connectivity index (χ1n) is 8.96. The van der Waals surface area contributed by atoms with Crippen molar-refractivity contribution in [2.24, 2.45) is 0 Å². The van der Waals surface area contributed by atoms with Crippen molar-refractivity contribution in [2.45, 2.75) is 39.4 Å². The Morgan fingerprint density at radius 1 is 1.00 bits per heavy atom. The van der Waals surface area contributed by atoms with E-state index in [4.69, 9.17) is 4.74 Å². The number of ether oxygens (including phenoxy) is 1. The molecule has 0 radical (unpaired) electrons. The van der Waals surface area contributed by atoms with E-state index in [9.17, 15) is 5.11 Å². The molecule has 26 heavy (non-hydrogen) atoms. The summed E-state index contributed by atoms with van der Waals surface area (Å²) in [6.07, 6.45) is 3.37. The highest BCUT2D eigenvalue weighted by molar-refractivity contribution is 5.71. The van der Waals surface area contributed by atoms with Gasteiger partial charge in [0, 0.05) is 24.4 Å². The Bertz CT molecular complexity index is 822. The maximum atomic E-state index is 9.86. The van der Waals surface area contributed by atoms with Crippen molar-refractivity contribution in [3.63, 3.8) is 0 Å². The van der Waals surface area contributed by atoms with E-state index in [0.29, 0.717) is 6.42 Å². The molecule has 3 rings (SSSR count). The third kappa shape index (κ3) is 4.30. The zero-order valence-corrected chi connectivity index (χ0v) is 15.5. The van der Waals surface area contributed by atoms with Gasteiger partial charge in [0.25, 0.3) is 0 Å². The van der Waals surface area contributed by atoms with Crippen molar-refractivity contribution >= 4 is 0 Å². The van der Waals surface area contributed by atoms with Gasteiger partial charge in [-0.1, -0.05) is 36.4 Å². The lowest BCUT2D eigenvalue weighted by molar-refractivity contribution is 0.106. The van der Waals surface area contributed by atoms with Gasteiger partial charge in [0.1, 0.15) is 11.9 Å². The third-order valence-electron chi connectivity index (χ3n) is 4.46. The summed E-state index contributed by atoms with van der Waals surface area (Å²) in [7, 11) is 0. The molecule has 0 spiro atoms. The van der Waals surface area contributed by atoms with Gasteiger partial charge in [-0.25, -0.2) is 0 Å². The summed E-state index contributed by atoms with van der Waals surface area (Å²) in [5.74, 6) is 0.814. The highest BCUT2D eigenvalue weighted by Gasteiger charge is 2.18. The Kier molecular flexibility index (Phi) is 5.69. The van der Waals surface area contributed by atoms with Crippen LogP contribution in [0.2, 0.25) is 0 Å². The van der Waals surface area contributed by atoms with Crippen molar-refractivity contribution < 1.29 is 9.84 Å². The Hall–Kier alpha value is -2.65. The fourth-order valence-electron chi connectivity index (χ4n) is 3.34. The van der Waals surface area contributed by atoms with E-state index in [1.165, 1.54) is 22.3 Å². The molecule has 0 fully saturated rings. The molecule has 0 saturated carbocycles. The number of rotatable bonds is 6. The Balaban J connectivity index is 1.91. The first-order chi connectivity index (χ1) is 12.5. The van der Waals surface area contributed by atoms with Crippen LogP contribution in [0.4, 0.5) is 0 Å². The quantitative estimate of drug-likeness (QED) is 0.661. The number of aliphatic hydroxyl groups excluding tert-OH is 1. The van der Waals surface area contributed by atoms with Crippen molar-refractivity contribution in [2.75, 3.05) is 0 Å². The second-order valence-electron chi connectivity index (χ2n) is 6.78. The number of hydrogen-bond donors (Lipinski definition) is 1. The summed E-state index contributed by atoms with van der Waals surface area (Å²) in [5.41, 5.74) is 5.77. The highest BCUT2D eigenvalue weighted by atomic mass is 16.5. The van der Waals surface area contributed by atoms with E-state index in [0.717, 1.165) is 11.3 Å². The summed E-state index contributed by atoms with van der Waals surface area (Å²) in [6.45, 7) is 5.99. The molecule has 1 heterocycles. The number of aromatic nitrogens is 1. The molecule has 0 aliphatic heterocycles. The van der Waals surface area contributed by atoms with Crippen LogP contribution in [-0.4, -0.2) is 16.2 Å². The topological polar surface area (TPSA) is 42.4 Å².